The van der Waals surface area contributed by atoms with Crippen molar-refractivity contribution in [2.75, 3.05) is 17.7 Å². The molecule has 0 radical (unpaired) electrons. The van der Waals surface area contributed by atoms with Crippen LogP contribution in [0.4, 0.5) is 11.6 Å². The maximum absolute atomic E-state index is 13.0. The van der Waals surface area contributed by atoms with E-state index in [1.807, 2.05) is 18.2 Å². The molecule has 10 nitrogen and oxygen atoms in total. The first-order valence-corrected chi connectivity index (χ1v) is 11.2. The third-order valence-corrected chi connectivity index (χ3v) is 6.41. The summed E-state index contributed by atoms with van der Waals surface area (Å²) in [6.45, 7) is 0.438. The van der Waals surface area contributed by atoms with Gasteiger partial charge in [-0.3, -0.25) is 14.2 Å². The molecule has 0 saturated heterocycles. The normalized spacial score (nSPS) is 14.9. The number of aromatic nitrogens is 4. The summed E-state index contributed by atoms with van der Waals surface area (Å²) in [6.07, 6.45) is 2.96. The van der Waals surface area contributed by atoms with Gasteiger partial charge in [0.15, 0.2) is 5.69 Å². The standard InChI is InChI=1S/C21H18ClN7O3S/c22-12-3-1-11(2-4-12)15-9-32-19-18(27-15)20(31)29(10-26-19)8-17(30)24-6-13-5-14-16(33-13)7-25-21(23)28-14/h1-5,7,10,15,27H,6,8-9H2,(H,24,30)(H2,23,25,28)/t15-/m0/s1. The lowest BCUT2D eigenvalue weighted by Crippen LogP contribution is -2.36. The summed E-state index contributed by atoms with van der Waals surface area (Å²) >= 11 is 7.42. The highest BCUT2D eigenvalue weighted by molar-refractivity contribution is 7.18. The number of halogens is 1. The quantitative estimate of drug-likeness (QED) is 0.393. The molecule has 0 saturated carbocycles. The average Bonchev–Trinajstić information content (AvgIpc) is 3.22. The van der Waals surface area contributed by atoms with Crippen LogP contribution in [0.25, 0.3) is 10.2 Å². The zero-order chi connectivity index (χ0) is 22.9. The number of hydrogen-bond acceptors (Lipinski definition) is 9. The van der Waals surface area contributed by atoms with Crippen LogP contribution in [0.15, 0.2) is 47.7 Å². The third-order valence-electron chi connectivity index (χ3n) is 5.09. The summed E-state index contributed by atoms with van der Waals surface area (Å²) in [7, 11) is 0. The summed E-state index contributed by atoms with van der Waals surface area (Å²) in [5.74, 6) is 0.0893. The summed E-state index contributed by atoms with van der Waals surface area (Å²) < 4.78 is 7.79. The maximum Gasteiger partial charge on any atom is 0.281 e. The van der Waals surface area contributed by atoms with Crippen LogP contribution in [0.1, 0.15) is 16.5 Å². The molecule has 4 aromatic rings. The van der Waals surface area contributed by atoms with E-state index in [1.54, 1.807) is 18.3 Å². The van der Waals surface area contributed by atoms with Crippen molar-refractivity contribution < 1.29 is 9.53 Å². The molecule has 0 bridgehead atoms. The van der Waals surface area contributed by atoms with Crippen LogP contribution in [0.5, 0.6) is 5.88 Å². The lowest BCUT2D eigenvalue weighted by atomic mass is 10.1. The maximum atomic E-state index is 13.0. The molecule has 1 amide bonds. The molecular formula is C21H18ClN7O3S. The monoisotopic (exact) mass is 483 g/mol. The second-order valence-corrected chi connectivity index (χ2v) is 8.99. The van der Waals surface area contributed by atoms with Crippen molar-refractivity contribution in [2.24, 2.45) is 0 Å². The number of benzene rings is 1. The van der Waals surface area contributed by atoms with Crippen molar-refractivity contribution in [3.05, 3.63) is 68.7 Å². The van der Waals surface area contributed by atoms with Crippen LogP contribution in [-0.4, -0.2) is 32.0 Å². The number of ether oxygens (including phenoxy) is 1. The number of anilines is 2. The van der Waals surface area contributed by atoms with E-state index in [4.69, 9.17) is 22.1 Å². The Balaban J connectivity index is 1.27. The van der Waals surface area contributed by atoms with E-state index < -0.39 is 0 Å². The van der Waals surface area contributed by atoms with Gasteiger partial charge in [-0.15, -0.1) is 11.3 Å². The Kier molecular flexibility index (Phi) is 5.56. The van der Waals surface area contributed by atoms with Crippen LogP contribution < -0.4 is 26.7 Å². The van der Waals surface area contributed by atoms with E-state index in [1.165, 1.54) is 22.2 Å². The number of nitrogens with one attached hydrogen (secondary N) is 2. The minimum atomic E-state index is -0.388. The minimum Gasteiger partial charge on any atom is -0.473 e. The summed E-state index contributed by atoms with van der Waals surface area (Å²) in [5, 5.41) is 6.61. The molecule has 3 aromatic heterocycles. The minimum absolute atomic E-state index is 0.177. The molecule has 4 heterocycles. The van der Waals surface area contributed by atoms with Crippen molar-refractivity contribution in [2.45, 2.75) is 19.1 Å². The van der Waals surface area contributed by atoms with Gasteiger partial charge >= 0.3 is 0 Å². The van der Waals surface area contributed by atoms with Gasteiger partial charge < -0.3 is 21.1 Å². The Labute approximate surface area is 196 Å². The van der Waals surface area contributed by atoms with E-state index >= 15 is 0 Å². The van der Waals surface area contributed by atoms with Gasteiger partial charge in [0.1, 0.15) is 19.5 Å². The Hall–Kier alpha value is -3.70. The molecule has 1 aromatic carbocycles. The highest BCUT2D eigenvalue weighted by Crippen LogP contribution is 2.29. The summed E-state index contributed by atoms with van der Waals surface area (Å²) in [6, 6.07) is 8.90. The van der Waals surface area contributed by atoms with Gasteiger partial charge in [0, 0.05) is 9.90 Å². The predicted octanol–water partition coefficient (Wildman–Crippen LogP) is 2.35. The molecule has 0 aliphatic carbocycles. The van der Waals surface area contributed by atoms with Crippen LogP contribution in [0.3, 0.4) is 0 Å². The number of fused-ring (bicyclic) bond motifs is 2. The Morgan fingerprint density at radius 3 is 2.97 bits per heavy atom. The molecule has 0 unspecified atom stereocenters. The zero-order valence-corrected chi connectivity index (χ0v) is 18.7. The highest BCUT2D eigenvalue weighted by atomic mass is 35.5. The molecule has 4 N–H and O–H groups in total. The molecule has 12 heteroatoms. The largest absolute Gasteiger partial charge is 0.473 e. The van der Waals surface area contributed by atoms with Crippen molar-refractivity contribution in [1.29, 1.82) is 0 Å². The lowest BCUT2D eigenvalue weighted by Gasteiger charge is -2.26. The molecule has 5 rings (SSSR count). The first kappa shape index (κ1) is 21.2. The van der Waals surface area contributed by atoms with Gasteiger partial charge in [-0.05, 0) is 23.8 Å². The third kappa shape index (κ3) is 4.45. The molecule has 0 spiro atoms. The Bertz CT molecular complexity index is 1400. The summed E-state index contributed by atoms with van der Waals surface area (Å²) in [5.41, 5.74) is 7.09. The fourth-order valence-corrected chi connectivity index (χ4v) is 4.50. The van der Waals surface area contributed by atoms with Gasteiger partial charge in [-0.1, -0.05) is 23.7 Å². The lowest BCUT2D eigenvalue weighted by molar-refractivity contribution is -0.121. The zero-order valence-electron chi connectivity index (χ0n) is 17.1. The van der Waals surface area contributed by atoms with E-state index in [0.717, 1.165) is 20.7 Å². The Morgan fingerprint density at radius 1 is 1.33 bits per heavy atom. The number of nitrogens with two attached hydrogens (primary N) is 1. The van der Waals surface area contributed by atoms with Crippen LogP contribution in [-0.2, 0) is 17.9 Å². The number of carbonyl (C=O) groups excluding carboxylic acids is 1. The average molecular weight is 484 g/mol. The molecule has 1 aliphatic rings. The van der Waals surface area contributed by atoms with E-state index in [-0.39, 0.29) is 41.6 Å². The number of nitrogens with zero attached hydrogens (tertiary/aromatic N) is 4. The van der Waals surface area contributed by atoms with Gasteiger partial charge in [-0.25, -0.2) is 15.0 Å². The first-order chi connectivity index (χ1) is 16.0. The predicted molar refractivity (Wildman–Crippen MR) is 125 cm³/mol. The summed E-state index contributed by atoms with van der Waals surface area (Å²) in [4.78, 5) is 38.7. The van der Waals surface area contributed by atoms with Crippen LogP contribution in [0.2, 0.25) is 5.02 Å². The van der Waals surface area contributed by atoms with E-state index in [9.17, 15) is 9.59 Å². The van der Waals surface area contributed by atoms with E-state index in [2.05, 4.69) is 25.6 Å². The number of thiophene rings is 1. The first-order valence-electron chi connectivity index (χ1n) is 9.98. The topological polar surface area (TPSA) is 137 Å². The van der Waals surface area contributed by atoms with Crippen LogP contribution >= 0.6 is 22.9 Å². The number of carbonyl (C=O) groups is 1. The number of hydrogen-bond donors (Lipinski definition) is 3. The smallest absolute Gasteiger partial charge is 0.281 e. The Morgan fingerprint density at radius 2 is 2.15 bits per heavy atom. The number of rotatable bonds is 5. The molecule has 33 heavy (non-hydrogen) atoms. The van der Waals surface area contributed by atoms with Gasteiger partial charge in [-0.2, -0.15) is 0 Å². The van der Waals surface area contributed by atoms with Crippen molar-refractivity contribution in [3.8, 4) is 5.88 Å². The van der Waals surface area contributed by atoms with Crippen molar-refractivity contribution in [1.82, 2.24) is 24.8 Å². The number of nitrogen functional groups attached to an aromatic ring is 1. The molecule has 1 atom stereocenters. The van der Waals surface area contributed by atoms with Gasteiger partial charge in [0.05, 0.1) is 29.0 Å². The fraction of sp³-hybridized carbons (Fsp3) is 0.190. The second-order valence-electron chi connectivity index (χ2n) is 7.38. The van der Waals surface area contributed by atoms with Crippen molar-refractivity contribution >= 4 is 50.7 Å². The molecule has 0 fully saturated rings. The number of amides is 1. The second kappa shape index (κ2) is 8.68. The van der Waals surface area contributed by atoms with Crippen LogP contribution in [0, 0.1) is 0 Å². The van der Waals surface area contributed by atoms with E-state index in [0.29, 0.717) is 18.2 Å². The van der Waals surface area contributed by atoms with Gasteiger partial charge in [0.25, 0.3) is 5.56 Å². The molecule has 168 valence electrons. The molecule has 1 aliphatic heterocycles. The fourth-order valence-electron chi connectivity index (χ4n) is 3.46. The highest BCUT2D eigenvalue weighted by Gasteiger charge is 2.25. The van der Waals surface area contributed by atoms with Crippen molar-refractivity contribution in [3.63, 3.8) is 0 Å². The molecular weight excluding hydrogens is 466 g/mol. The van der Waals surface area contributed by atoms with Gasteiger partial charge in [0.2, 0.25) is 17.7 Å². The SMILES string of the molecule is Nc1ncc2sc(CNC(=O)Cn3cnc4c(c3=O)N[C@H](c3ccc(Cl)cc3)CO4)cc2n1.